The minimum absolute atomic E-state index is 0.0250. The number of aromatic nitrogens is 1. The molecule has 0 radical (unpaired) electrons. The second kappa shape index (κ2) is 7.30. The molecule has 2 unspecified atom stereocenters. The summed E-state index contributed by atoms with van der Waals surface area (Å²) in [5.74, 6) is 0.802. The van der Waals surface area contributed by atoms with Crippen LogP contribution in [0.15, 0.2) is 24.3 Å². The molecule has 1 aromatic carbocycles. The predicted molar refractivity (Wildman–Crippen MR) is 101 cm³/mol. The van der Waals surface area contributed by atoms with Crippen molar-refractivity contribution < 1.29 is 9.53 Å². The molecule has 5 heteroatoms. The van der Waals surface area contributed by atoms with Gasteiger partial charge in [-0.15, -0.1) is 0 Å². The highest BCUT2D eigenvalue weighted by Crippen LogP contribution is 2.33. The molecule has 5 nitrogen and oxygen atoms in total. The van der Waals surface area contributed by atoms with Crippen molar-refractivity contribution in [3.8, 4) is 5.75 Å². The van der Waals surface area contributed by atoms with E-state index in [0.717, 1.165) is 48.0 Å². The first kappa shape index (κ1) is 17.5. The summed E-state index contributed by atoms with van der Waals surface area (Å²) in [6.07, 6.45) is 4.06. The molecule has 25 heavy (non-hydrogen) atoms. The molecule has 1 aliphatic carbocycles. The third kappa shape index (κ3) is 3.86. The molecule has 1 aromatic heterocycles. The monoisotopic (exact) mass is 341 g/mol. The van der Waals surface area contributed by atoms with Crippen LogP contribution < -0.4 is 15.8 Å². The van der Waals surface area contributed by atoms with Gasteiger partial charge in [0.15, 0.2) is 0 Å². The van der Waals surface area contributed by atoms with Gasteiger partial charge >= 0.3 is 0 Å². The first-order chi connectivity index (χ1) is 12.0. The van der Waals surface area contributed by atoms with E-state index in [1.54, 1.807) is 0 Å². The fraction of sp³-hybridized carbons (Fsp3) is 0.500. The van der Waals surface area contributed by atoms with Gasteiger partial charge in [-0.25, -0.2) is 0 Å². The van der Waals surface area contributed by atoms with E-state index in [9.17, 15) is 4.79 Å². The lowest BCUT2D eigenvalue weighted by molar-refractivity contribution is -0.125. The zero-order valence-corrected chi connectivity index (χ0v) is 15.2. The van der Waals surface area contributed by atoms with E-state index in [0.29, 0.717) is 5.69 Å². The molecule has 1 amide bonds. The van der Waals surface area contributed by atoms with Crippen molar-refractivity contribution in [3.63, 3.8) is 0 Å². The zero-order valence-electron chi connectivity index (χ0n) is 15.2. The fourth-order valence-electron chi connectivity index (χ4n) is 3.44. The molecule has 0 bridgehead atoms. The van der Waals surface area contributed by atoms with Gasteiger partial charge in [-0.05, 0) is 44.4 Å². The number of carbonyl (C=O) groups excluding carboxylic acids is 1. The molecule has 1 saturated carbocycles. The molecule has 0 aliphatic heterocycles. The minimum atomic E-state index is -0.0391. The smallest absolute Gasteiger partial charge is 0.222 e. The average Bonchev–Trinajstić information content (AvgIpc) is 2.56. The number of rotatable bonds is 4. The molecule has 0 spiro atoms. The highest BCUT2D eigenvalue weighted by molar-refractivity contribution is 5.95. The first-order valence-electron chi connectivity index (χ1n) is 9.08. The van der Waals surface area contributed by atoms with E-state index < -0.39 is 0 Å². The van der Waals surface area contributed by atoms with Gasteiger partial charge in [0.1, 0.15) is 11.9 Å². The Morgan fingerprint density at radius 3 is 2.84 bits per heavy atom. The van der Waals surface area contributed by atoms with Crippen molar-refractivity contribution in [1.82, 2.24) is 10.3 Å². The zero-order chi connectivity index (χ0) is 18.0. The Kier molecular flexibility index (Phi) is 5.11. The Morgan fingerprint density at radius 2 is 2.08 bits per heavy atom. The van der Waals surface area contributed by atoms with E-state index in [1.165, 1.54) is 0 Å². The van der Waals surface area contributed by atoms with Crippen molar-refractivity contribution in [3.05, 3.63) is 30.0 Å². The summed E-state index contributed by atoms with van der Waals surface area (Å²) in [4.78, 5) is 16.7. The summed E-state index contributed by atoms with van der Waals surface area (Å²) in [6.45, 7) is 5.75. The van der Waals surface area contributed by atoms with Crippen LogP contribution in [0.2, 0.25) is 0 Å². The second-order valence-corrected chi connectivity index (χ2v) is 7.21. The van der Waals surface area contributed by atoms with E-state index >= 15 is 0 Å². The Hall–Kier alpha value is -2.30. The van der Waals surface area contributed by atoms with Gasteiger partial charge < -0.3 is 15.8 Å². The fourth-order valence-corrected chi connectivity index (χ4v) is 3.44. The normalized spacial score (nSPS) is 20.6. The summed E-state index contributed by atoms with van der Waals surface area (Å²) in [5, 5.41) is 4.00. The average molecular weight is 341 g/mol. The predicted octanol–water partition coefficient (Wildman–Crippen LogP) is 3.59. The lowest BCUT2D eigenvalue weighted by Crippen LogP contribution is -2.48. The van der Waals surface area contributed by atoms with Crippen LogP contribution in [0, 0.1) is 12.8 Å². The third-order valence-corrected chi connectivity index (χ3v) is 4.79. The molecule has 1 aliphatic rings. The summed E-state index contributed by atoms with van der Waals surface area (Å²) in [7, 11) is 0. The SMILES string of the molecule is Cc1cc(N)c2c(OC3CCCCC3NC(=O)C(C)C)cccc2n1. The van der Waals surface area contributed by atoms with Gasteiger partial charge in [-0.1, -0.05) is 26.3 Å². The number of hydrogen-bond donors (Lipinski definition) is 2. The molecule has 1 fully saturated rings. The standard InChI is InChI=1S/C20H27N3O2/c1-12(2)20(24)23-15-7-4-5-9-17(15)25-18-10-6-8-16-19(18)14(21)11-13(3)22-16/h6,8,10-12,15,17H,4-5,7,9H2,1-3H3,(H2,21,22)(H,23,24). The van der Waals surface area contributed by atoms with Gasteiger partial charge in [0.05, 0.1) is 16.9 Å². The van der Waals surface area contributed by atoms with Gasteiger partial charge in [0.25, 0.3) is 0 Å². The number of pyridine rings is 1. The lowest BCUT2D eigenvalue weighted by Gasteiger charge is -2.33. The van der Waals surface area contributed by atoms with Crippen LogP contribution in [0.4, 0.5) is 5.69 Å². The van der Waals surface area contributed by atoms with Crippen LogP contribution in [0.1, 0.15) is 45.2 Å². The van der Waals surface area contributed by atoms with Crippen molar-refractivity contribution >= 4 is 22.5 Å². The quantitative estimate of drug-likeness (QED) is 0.891. The molecule has 2 aromatic rings. The van der Waals surface area contributed by atoms with Crippen LogP contribution in [0.5, 0.6) is 5.75 Å². The molecule has 2 atom stereocenters. The van der Waals surface area contributed by atoms with Crippen LogP contribution >= 0.6 is 0 Å². The van der Waals surface area contributed by atoms with Crippen molar-refractivity contribution in [2.75, 3.05) is 5.73 Å². The number of nitrogens with one attached hydrogen (secondary N) is 1. The Morgan fingerprint density at radius 1 is 1.32 bits per heavy atom. The molecule has 0 saturated heterocycles. The number of ether oxygens (including phenoxy) is 1. The largest absolute Gasteiger partial charge is 0.488 e. The number of anilines is 1. The third-order valence-electron chi connectivity index (χ3n) is 4.79. The second-order valence-electron chi connectivity index (χ2n) is 7.21. The Bertz CT molecular complexity index is 773. The van der Waals surface area contributed by atoms with E-state index in [2.05, 4.69) is 10.3 Å². The maximum atomic E-state index is 12.1. The summed E-state index contributed by atoms with van der Waals surface area (Å²) < 4.78 is 6.35. The van der Waals surface area contributed by atoms with Gasteiger partial charge in [0, 0.05) is 17.3 Å². The molecule has 134 valence electrons. The molecular weight excluding hydrogens is 314 g/mol. The number of nitrogen functional groups attached to an aromatic ring is 1. The maximum Gasteiger partial charge on any atom is 0.222 e. The first-order valence-corrected chi connectivity index (χ1v) is 9.08. The maximum absolute atomic E-state index is 12.1. The van der Waals surface area contributed by atoms with Gasteiger partial charge in [0.2, 0.25) is 5.91 Å². The van der Waals surface area contributed by atoms with Crippen LogP contribution in [-0.2, 0) is 4.79 Å². The number of amides is 1. The highest BCUT2D eigenvalue weighted by Gasteiger charge is 2.29. The van der Waals surface area contributed by atoms with Crippen LogP contribution in [0.3, 0.4) is 0 Å². The van der Waals surface area contributed by atoms with Crippen molar-refractivity contribution in [2.45, 2.75) is 58.6 Å². The van der Waals surface area contributed by atoms with Crippen molar-refractivity contribution in [2.24, 2.45) is 5.92 Å². The van der Waals surface area contributed by atoms with E-state index in [-0.39, 0.29) is 24.0 Å². The number of nitrogens with zero attached hydrogens (tertiary/aromatic N) is 1. The van der Waals surface area contributed by atoms with Gasteiger partial charge in [-0.3, -0.25) is 9.78 Å². The molecular formula is C20H27N3O2. The van der Waals surface area contributed by atoms with Gasteiger partial charge in [-0.2, -0.15) is 0 Å². The molecule has 3 rings (SSSR count). The summed E-state index contributed by atoms with van der Waals surface area (Å²) >= 11 is 0. The topological polar surface area (TPSA) is 77.2 Å². The number of hydrogen-bond acceptors (Lipinski definition) is 4. The summed E-state index contributed by atoms with van der Waals surface area (Å²) in [6, 6.07) is 7.73. The molecule has 1 heterocycles. The lowest BCUT2D eigenvalue weighted by atomic mass is 9.91. The number of nitrogens with two attached hydrogens (primary N) is 1. The van der Waals surface area contributed by atoms with Crippen molar-refractivity contribution in [1.29, 1.82) is 0 Å². The van der Waals surface area contributed by atoms with Crippen LogP contribution in [-0.4, -0.2) is 23.0 Å². The Labute approximate surface area is 149 Å². The number of benzene rings is 1. The number of fused-ring (bicyclic) bond motifs is 1. The minimum Gasteiger partial charge on any atom is -0.488 e. The number of aryl methyl sites for hydroxylation is 1. The summed E-state index contributed by atoms with van der Waals surface area (Å²) in [5.41, 5.74) is 8.64. The molecule has 3 N–H and O–H groups in total. The Balaban J connectivity index is 1.87. The highest BCUT2D eigenvalue weighted by atomic mass is 16.5. The van der Waals surface area contributed by atoms with E-state index in [4.69, 9.17) is 10.5 Å². The van der Waals surface area contributed by atoms with Crippen LogP contribution in [0.25, 0.3) is 10.9 Å². The number of carbonyl (C=O) groups is 1. The van der Waals surface area contributed by atoms with E-state index in [1.807, 2.05) is 45.0 Å².